The molecule has 2 aromatic carbocycles. The zero-order valence-electron chi connectivity index (χ0n) is 15.0. The highest BCUT2D eigenvalue weighted by Crippen LogP contribution is 2.25. The lowest BCUT2D eigenvalue weighted by Crippen LogP contribution is -2.29. The van der Waals surface area contributed by atoms with Crippen molar-refractivity contribution in [3.8, 4) is 0 Å². The lowest BCUT2D eigenvalue weighted by atomic mass is 10.0. The first-order chi connectivity index (χ1) is 12.7. The van der Waals surface area contributed by atoms with Gasteiger partial charge in [-0.15, -0.1) is 11.8 Å². The van der Waals surface area contributed by atoms with Crippen LogP contribution in [0.3, 0.4) is 0 Å². The third-order valence-electron chi connectivity index (χ3n) is 3.96. The predicted octanol–water partition coefficient (Wildman–Crippen LogP) is 4.90. The number of thioether (sulfide) groups is 1. The molecule has 0 aliphatic heterocycles. The number of amides is 1. The van der Waals surface area contributed by atoms with Gasteiger partial charge in [0, 0.05) is 22.1 Å². The van der Waals surface area contributed by atoms with Crippen molar-refractivity contribution in [2.45, 2.75) is 30.0 Å². The minimum atomic E-state index is -3.23. The van der Waals surface area contributed by atoms with Gasteiger partial charge < -0.3 is 5.32 Å². The second-order valence-corrected chi connectivity index (χ2v) is 9.94. The van der Waals surface area contributed by atoms with E-state index in [9.17, 15) is 13.2 Å². The van der Waals surface area contributed by atoms with E-state index in [1.807, 2.05) is 13.0 Å². The van der Waals surface area contributed by atoms with E-state index in [1.54, 1.807) is 36.4 Å². The topological polar surface area (TPSA) is 63.2 Å². The van der Waals surface area contributed by atoms with E-state index in [4.69, 9.17) is 23.2 Å². The Labute approximate surface area is 174 Å². The molecule has 0 spiro atoms. The van der Waals surface area contributed by atoms with Crippen LogP contribution in [0.25, 0.3) is 0 Å². The predicted molar refractivity (Wildman–Crippen MR) is 113 cm³/mol. The number of carbonyl (C=O) groups is 1. The van der Waals surface area contributed by atoms with Crippen molar-refractivity contribution >= 4 is 50.7 Å². The normalized spacial score (nSPS) is 12.6. The zero-order chi connectivity index (χ0) is 20.0. The Morgan fingerprint density at radius 2 is 1.81 bits per heavy atom. The Morgan fingerprint density at radius 3 is 2.37 bits per heavy atom. The highest BCUT2D eigenvalue weighted by molar-refractivity contribution is 7.99. The van der Waals surface area contributed by atoms with Gasteiger partial charge in [0.1, 0.15) is 0 Å². The molecule has 27 heavy (non-hydrogen) atoms. The number of nitrogens with one attached hydrogen (secondary N) is 1. The van der Waals surface area contributed by atoms with Crippen molar-refractivity contribution in [2.75, 3.05) is 12.0 Å². The third-order valence-corrected chi connectivity index (χ3v) is 6.66. The number of sulfone groups is 1. The zero-order valence-corrected chi connectivity index (χ0v) is 18.2. The summed E-state index contributed by atoms with van der Waals surface area (Å²) in [7, 11) is -3.23. The summed E-state index contributed by atoms with van der Waals surface area (Å²) in [6.07, 6.45) is 1.88. The van der Waals surface area contributed by atoms with Crippen LogP contribution in [0.2, 0.25) is 10.0 Å². The molecule has 0 aliphatic carbocycles. The molecule has 0 unspecified atom stereocenters. The maximum atomic E-state index is 12.3. The van der Waals surface area contributed by atoms with Gasteiger partial charge in [-0.3, -0.25) is 4.79 Å². The van der Waals surface area contributed by atoms with Gasteiger partial charge in [-0.25, -0.2) is 8.42 Å². The van der Waals surface area contributed by atoms with Gasteiger partial charge in [-0.05, 0) is 41.8 Å². The number of halogens is 2. The first-order valence-electron chi connectivity index (χ1n) is 8.31. The average molecular weight is 446 g/mol. The van der Waals surface area contributed by atoms with Crippen LogP contribution in [0.4, 0.5) is 0 Å². The van der Waals surface area contributed by atoms with Crippen LogP contribution in [0, 0.1) is 0 Å². The van der Waals surface area contributed by atoms with Crippen LogP contribution in [-0.2, 0) is 20.4 Å². The first kappa shape index (κ1) is 22.1. The van der Waals surface area contributed by atoms with Gasteiger partial charge in [-0.2, -0.15) is 0 Å². The molecule has 0 aliphatic rings. The Hall–Kier alpha value is -1.21. The molecule has 1 N–H and O–H groups in total. The summed E-state index contributed by atoms with van der Waals surface area (Å²) >= 11 is 13.5. The number of hydrogen-bond donors (Lipinski definition) is 1. The first-order valence-corrected chi connectivity index (χ1v) is 12.1. The number of rotatable bonds is 8. The SMILES string of the molecule is CC[C@H](NC(=O)CSCc1ccc(Cl)cc1Cl)c1ccc(S(C)(=O)=O)cc1. The molecule has 2 aromatic rings. The molecule has 8 heteroatoms. The summed E-state index contributed by atoms with van der Waals surface area (Å²) in [6, 6.07) is 11.8. The average Bonchev–Trinajstić information content (AvgIpc) is 2.61. The van der Waals surface area contributed by atoms with Gasteiger partial charge in [0.2, 0.25) is 5.91 Å². The summed E-state index contributed by atoms with van der Waals surface area (Å²) < 4.78 is 23.1. The molecule has 0 aromatic heterocycles. The molecule has 0 heterocycles. The Morgan fingerprint density at radius 1 is 1.15 bits per heavy atom. The fourth-order valence-corrected chi connectivity index (χ4v) is 4.52. The Kier molecular flexibility index (Phi) is 8.04. The standard InChI is InChI=1S/C19H21Cl2NO3S2/c1-3-18(13-5-8-16(9-6-13)27(2,24)25)22-19(23)12-26-11-14-4-7-15(20)10-17(14)21/h4-10,18H,3,11-12H2,1-2H3,(H,22,23)/t18-/m0/s1. The van der Waals surface area contributed by atoms with Crippen molar-refractivity contribution in [1.82, 2.24) is 5.32 Å². The van der Waals surface area contributed by atoms with Gasteiger partial charge in [0.05, 0.1) is 16.7 Å². The Balaban J connectivity index is 1.91. The highest BCUT2D eigenvalue weighted by Gasteiger charge is 2.14. The summed E-state index contributed by atoms with van der Waals surface area (Å²) in [4.78, 5) is 12.5. The molecular formula is C19H21Cl2NO3S2. The summed E-state index contributed by atoms with van der Waals surface area (Å²) in [5, 5.41) is 4.16. The molecule has 0 saturated heterocycles. The molecule has 0 bridgehead atoms. The number of hydrogen-bond acceptors (Lipinski definition) is 4. The van der Waals surface area contributed by atoms with Gasteiger partial charge >= 0.3 is 0 Å². The third kappa shape index (κ3) is 6.71. The van der Waals surface area contributed by atoms with Crippen LogP contribution in [-0.4, -0.2) is 26.3 Å². The molecule has 4 nitrogen and oxygen atoms in total. The van der Waals surface area contributed by atoms with Crippen LogP contribution >= 0.6 is 35.0 Å². The number of benzene rings is 2. The number of carbonyl (C=O) groups excluding carboxylic acids is 1. The summed E-state index contributed by atoms with van der Waals surface area (Å²) in [5.74, 6) is 0.837. The van der Waals surface area contributed by atoms with E-state index in [1.165, 1.54) is 18.0 Å². The summed E-state index contributed by atoms with van der Waals surface area (Å²) in [5.41, 5.74) is 1.81. The van der Waals surface area contributed by atoms with Crippen LogP contribution in [0.15, 0.2) is 47.4 Å². The Bertz CT molecular complexity index is 900. The molecule has 2 rings (SSSR count). The minimum absolute atomic E-state index is 0.0795. The van der Waals surface area contributed by atoms with E-state index in [0.29, 0.717) is 28.0 Å². The minimum Gasteiger partial charge on any atom is -0.349 e. The van der Waals surface area contributed by atoms with Crippen LogP contribution in [0.5, 0.6) is 0 Å². The van der Waals surface area contributed by atoms with Gasteiger partial charge in [0.15, 0.2) is 9.84 Å². The molecule has 0 saturated carbocycles. The van der Waals surface area contributed by atoms with E-state index >= 15 is 0 Å². The summed E-state index contributed by atoms with van der Waals surface area (Å²) in [6.45, 7) is 1.97. The molecule has 0 radical (unpaired) electrons. The fraction of sp³-hybridized carbons (Fsp3) is 0.316. The maximum absolute atomic E-state index is 12.3. The second kappa shape index (κ2) is 9.82. The van der Waals surface area contributed by atoms with Gasteiger partial charge in [0.25, 0.3) is 0 Å². The van der Waals surface area contributed by atoms with Crippen molar-refractivity contribution in [1.29, 1.82) is 0 Å². The maximum Gasteiger partial charge on any atom is 0.230 e. The van der Waals surface area contributed by atoms with Crippen molar-refractivity contribution in [2.24, 2.45) is 0 Å². The lowest BCUT2D eigenvalue weighted by molar-refractivity contribution is -0.119. The van der Waals surface area contributed by atoms with Crippen LogP contribution < -0.4 is 5.32 Å². The molecule has 1 amide bonds. The lowest BCUT2D eigenvalue weighted by Gasteiger charge is -2.18. The largest absolute Gasteiger partial charge is 0.349 e. The molecule has 146 valence electrons. The quantitative estimate of drug-likeness (QED) is 0.627. The van der Waals surface area contributed by atoms with Crippen molar-refractivity contribution < 1.29 is 13.2 Å². The van der Waals surface area contributed by atoms with E-state index in [2.05, 4.69) is 5.32 Å². The van der Waals surface area contributed by atoms with E-state index < -0.39 is 9.84 Å². The van der Waals surface area contributed by atoms with E-state index in [-0.39, 0.29) is 16.8 Å². The van der Waals surface area contributed by atoms with Crippen LogP contribution in [0.1, 0.15) is 30.5 Å². The highest BCUT2D eigenvalue weighted by atomic mass is 35.5. The van der Waals surface area contributed by atoms with Crippen molar-refractivity contribution in [3.05, 3.63) is 63.6 Å². The van der Waals surface area contributed by atoms with Gasteiger partial charge in [-0.1, -0.05) is 48.3 Å². The second-order valence-electron chi connectivity index (χ2n) is 6.10. The molecule has 1 atom stereocenters. The molecule has 0 fully saturated rings. The molecular weight excluding hydrogens is 425 g/mol. The van der Waals surface area contributed by atoms with E-state index in [0.717, 1.165) is 11.1 Å². The van der Waals surface area contributed by atoms with Crippen molar-refractivity contribution in [3.63, 3.8) is 0 Å². The fourth-order valence-electron chi connectivity index (χ4n) is 2.50. The smallest absolute Gasteiger partial charge is 0.230 e. The monoisotopic (exact) mass is 445 g/mol.